The number of hydrogen-bond donors (Lipinski definition) is 1. The van der Waals surface area contributed by atoms with Crippen LogP contribution in [0, 0.1) is 0 Å². The molecule has 5 heteroatoms. The van der Waals surface area contributed by atoms with Crippen molar-refractivity contribution in [1.29, 1.82) is 0 Å². The van der Waals surface area contributed by atoms with Crippen molar-refractivity contribution in [2.45, 2.75) is 19.8 Å². The van der Waals surface area contributed by atoms with Gasteiger partial charge in [0.05, 0.1) is 12.5 Å². The monoisotopic (exact) mass is 286 g/mol. The molecule has 0 radical (unpaired) electrons. The van der Waals surface area contributed by atoms with Crippen LogP contribution in [0.1, 0.15) is 31.1 Å². The second-order valence-electron chi connectivity index (χ2n) is 4.82. The number of rotatable bonds is 6. The van der Waals surface area contributed by atoms with Gasteiger partial charge in [-0.2, -0.15) is 5.10 Å². The van der Waals surface area contributed by atoms with Gasteiger partial charge in [0.2, 0.25) is 0 Å². The quantitative estimate of drug-likeness (QED) is 0.656. The maximum atomic E-state index is 11.6. The highest BCUT2D eigenvalue weighted by atomic mass is 16.5. The van der Waals surface area contributed by atoms with Crippen molar-refractivity contribution in [2.24, 2.45) is 5.10 Å². The molecule has 2 rings (SSSR count). The molecule has 0 fully saturated rings. The van der Waals surface area contributed by atoms with Gasteiger partial charge in [-0.25, -0.2) is 5.43 Å². The minimum Gasteiger partial charge on any atom is -0.484 e. The van der Waals surface area contributed by atoms with E-state index in [0.29, 0.717) is 17.4 Å². The number of amides is 1. The smallest absolute Gasteiger partial charge is 0.277 e. The number of hydrazone groups is 1. The van der Waals surface area contributed by atoms with Crippen molar-refractivity contribution in [3.05, 3.63) is 54.0 Å². The van der Waals surface area contributed by atoms with Gasteiger partial charge in [-0.1, -0.05) is 26.0 Å². The first-order valence-electron chi connectivity index (χ1n) is 6.73. The Kier molecular flexibility index (Phi) is 5.15. The number of carbonyl (C=O) groups excluding carboxylic acids is 1. The molecule has 0 spiro atoms. The number of ether oxygens (including phenoxy) is 1. The van der Waals surface area contributed by atoms with Crippen molar-refractivity contribution in [1.82, 2.24) is 5.43 Å². The minimum atomic E-state index is -0.326. The van der Waals surface area contributed by atoms with Crippen LogP contribution in [0.3, 0.4) is 0 Å². The zero-order valence-corrected chi connectivity index (χ0v) is 12.1. The van der Waals surface area contributed by atoms with Crippen LogP contribution >= 0.6 is 0 Å². The van der Waals surface area contributed by atoms with E-state index in [-0.39, 0.29) is 12.5 Å². The van der Waals surface area contributed by atoms with Crippen LogP contribution in [0.5, 0.6) is 5.75 Å². The zero-order valence-electron chi connectivity index (χ0n) is 12.1. The van der Waals surface area contributed by atoms with E-state index in [1.54, 1.807) is 12.1 Å². The topological polar surface area (TPSA) is 63.8 Å². The van der Waals surface area contributed by atoms with Crippen LogP contribution in [-0.4, -0.2) is 18.7 Å². The SMILES string of the molecule is CC(C)c1cccc(OCC(=O)N/N=C/c2ccco2)c1. The molecule has 1 aromatic heterocycles. The number of benzene rings is 1. The normalized spacial score (nSPS) is 11.0. The van der Waals surface area contributed by atoms with E-state index in [2.05, 4.69) is 24.4 Å². The molecule has 0 aliphatic carbocycles. The standard InChI is InChI=1S/C16H18N2O3/c1-12(2)13-5-3-6-14(9-13)21-11-16(19)18-17-10-15-7-4-8-20-15/h3-10,12H,11H2,1-2H3,(H,18,19)/b17-10+. The van der Waals surface area contributed by atoms with Crippen molar-refractivity contribution >= 4 is 12.1 Å². The maximum Gasteiger partial charge on any atom is 0.277 e. The van der Waals surface area contributed by atoms with Crippen LogP contribution in [0.15, 0.2) is 52.2 Å². The Morgan fingerprint density at radius 1 is 1.38 bits per heavy atom. The fourth-order valence-corrected chi connectivity index (χ4v) is 1.68. The third-order valence-corrected chi connectivity index (χ3v) is 2.82. The van der Waals surface area contributed by atoms with E-state index >= 15 is 0 Å². The summed E-state index contributed by atoms with van der Waals surface area (Å²) < 4.78 is 10.5. The van der Waals surface area contributed by atoms with Crippen molar-refractivity contribution in [3.63, 3.8) is 0 Å². The third-order valence-electron chi connectivity index (χ3n) is 2.82. The van der Waals surface area contributed by atoms with Crippen LogP contribution in [0.4, 0.5) is 0 Å². The van der Waals surface area contributed by atoms with Crippen LogP contribution in [-0.2, 0) is 4.79 Å². The highest BCUT2D eigenvalue weighted by Crippen LogP contribution is 2.19. The minimum absolute atomic E-state index is 0.0863. The van der Waals surface area contributed by atoms with Gasteiger partial charge in [0.15, 0.2) is 6.61 Å². The summed E-state index contributed by atoms with van der Waals surface area (Å²) in [5, 5.41) is 3.77. The molecule has 0 saturated carbocycles. The summed E-state index contributed by atoms with van der Waals surface area (Å²) in [6, 6.07) is 11.2. The van der Waals surface area contributed by atoms with Gasteiger partial charge in [-0.3, -0.25) is 4.79 Å². The van der Waals surface area contributed by atoms with E-state index in [9.17, 15) is 4.79 Å². The first-order valence-corrected chi connectivity index (χ1v) is 6.73. The first kappa shape index (κ1) is 14.8. The van der Waals surface area contributed by atoms with Crippen LogP contribution in [0.25, 0.3) is 0 Å². The maximum absolute atomic E-state index is 11.6. The Bertz CT molecular complexity index is 604. The lowest BCUT2D eigenvalue weighted by Crippen LogP contribution is -2.24. The predicted molar refractivity (Wildman–Crippen MR) is 80.5 cm³/mol. The van der Waals surface area contributed by atoms with Crippen LogP contribution < -0.4 is 10.2 Å². The number of nitrogens with one attached hydrogen (secondary N) is 1. The molecule has 1 N–H and O–H groups in total. The molecule has 1 aromatic carbocycles. The van der Waals surface area contributed by atoms with Crippen molar-refractivity contribution in [3.8, 4) is 5.75 Å². The Hall–Kier alpha value is -2.56. The largest absolute Gasteiger partial charge is 0.484 e. The summed E-state index contributed by atoms with van der Waals surface area (Å²) in [5.74, 6) is 1.33. The summed E-state index contributed by atoms with van der Waals surface area (Å²) in [4.78, 5) is 11.6. The van der Waals surface area contributed by atoms with Gasteiger partial charge in [0.25, 0.3) is 5.91 Å². The van der Waals surface area contributed by atoms with E-state index in [4.69, 9.17) is 9.15 Å². The fraction of sp³-hybridized carbons (Fsp3) is 0.250. The molecular weight excluding hydrogens is 268 g/mol. The summed E-state index contributed by atoms with van der Waals surface area (Å²) in [7, 11) is 0. The van der Waals surface area contributed by atoms with Gasteiger partial charge >= 0.3 is 0 Å². The zero-order chi connectivity index (χ0) is 15.1. The van der Waals surface area contributed by atoms with E-state index in [1.165, 1.54) is 18.0 Å². The van der Waals surface area contributed by atoms with Crippen LogP contribution in [0.2, 0.25) is 0 Å². The van der Waals surface area contributed by atoms with Gasteiger partial charge in [-0.05, 0) is 35.7 Å². The Balaban J connectivity index is 1.80. The Labute approximate surface area is 123 Å². The molecule has 0 bridgehead atoms. The number of furan rings is 1. The van der Waals surface area contributed by atoms with Crippen molar-refractivity contribution < 1.29 is 13.9 Å². The number of carbonyl (C=O) groups is 1. The highest BCUT2D eigenvalue weighted by molar-refractivity contribution is 5.81. The van der Waals surface area contributed by atoms with E-state index in [0.717, 1.165) is 0 Å². The lowest BCUT2D eigenvalue weighted by Gasteiger charge is -2.09. The predicted octanol–water partition coefficient (Wildman–Crippen LogP) is 2.93. The van der Waals surface area contributed by atoms with Gasteiger partial charge in [-0.15, -0.1) is 0 Å². The molecule has 5 nitrogen and oxygen atoms in total. The van der Waals surface area contributed by atoms with Gasteiger partial charge in [0, 0.05) is 0 Å². The van der Waals surface area contributed by atoms with E-state index < -0.39 is 0 Å². The molecule has 0 unspecified atom stereocenters. The molecule has 0 saturated heterocycles. The summed E-state index contributed by atoms with van der Waals surface area (Å²) in [5.41, 5.74) is 3.54. The molecule has 0 atom stereocenters. The third kappa shape index (κ3) is 4.80. The highest BCUT2D eigenvalue weighted by Gasteiger charge is 2.04. The lowest BCUT2D eigenvalue weighted by atomic mass is 10.0. The molecule has 1 heterocycles. The molecule has 1 amide bonds. The molecule has 0 aliphatic rings. The molecular formula is C16H18N2O3. The Morgan fingerprint density at radius 3 is 2.95 bits per heavy atom. The molecule has 0 aliphatic heterocycles. The number of nitrogens with zero attached hydrogens (tertiary/aromatic N) is 1. The summed E-state index contributed by atoms with van der Waals surface area (Å²) in [6.45, 7) is 4.13. The second kappa shape index (κ2) is 7.28. The molecule has 110 valence electrons. The summed E-state index contributed by atoms with van der Waals surface area (Å²) in [6.07, 6.45) is 2.96. The van der Waals surface area contributed by atoms with Crippen molar-refractivity contribution in [2.75, 3.05) is 6.61 Å². The number of hydrogen-bond acceptors (Lipinski definition) is 4. The van der Waals surface area contributed by atoms with E-state index in [1.807, 2.05) is 24.3 Å². The van der Waals surface area contributed by atoms with Gasteiger partial charge < -0.3 is 9.15 Å². The molecule has 21 heavy (non-hydrogen) atoms. The summed E-state index contributed by atoms with van der Waals surface area (Å²) >= 11 is 0. The second-order valence-corrected chi connectivity index (χ2v) is 4.82. The average Bonchev–Trinajstić information content (AvgIpc) is 2.99. The average molecular weight is 286 g/mol. The fourth-order valence-electron chi connectivity index (χ4n) is 1.68. The van der Waals surface area contributed by atoms with Gasteiger partial charge in [0.1, 0.15) is 11.5 Å². The lowest BCUT2D eigenvalue weighted by molar-refractivity contribution is -0.123. The Morgan fingerprint density at radius 2 is 2.24 bits per heavy atom. The molecule has 2 aromatic rings. The first-order chi connectivity index (χ1) is 10.1.